The summed E-state index contributed by atoms with van der Waals surface area (Å²) in [7, 11) is 0. The van der Waals surface area contributed by atoms with E-state index < -0.39 is 12.1 Å². The number of hydrogen-bond acceptors (Lipinski definition) is 5. The Bertz CT molecular complexity index is 421. The predicted octanol–water partition coefficient (Wildman–Crippen LogP) is 0.245. The van der Waals surface area contributed by atoms with Crippen LogP contribution in [0.1, 0.15) is 5.56 Å². The van der Waals surface area contributed by atoms with E-state index in [1.165, 1.54) is 12.1 Å². The molecule has 0 saturated carbocycles. The first-order chi connectivity index (χ1) is 7.02. The minimum atomic E-state index is -1.77. The summed E-state index contributed by atoms with van der Waals surface area (Å²) in [6, 6.07) is 4.73. The molecule has 0 radical (unpaired) electrons. The molecule has 0 aromatic heterocycles. The van der Waals surface area contributed by atoms with Gasteiger partial charge in [0.05, 0.1) is 11.4 Å². The molecule has 1 aliphatic heterocycles. The summed E-state index contributed by atoms with van der Waals surface area (Å²) in [5, 5.41) is 28.9. The van der Waals surface area contributed by atoms with E-state index in [0.29, 0.717) is 10.1 Å². The molecule has 80 valence electrons. The summed E-state index contributed by atoms with van der Waals surface area (Å²) in [5.74, 6) is -0.990. The first-order valence-corrected chi connectivity index (χ1v) is 4.32. The molecule has 1 unspecified atom stereocenters. The van der Waals surface area contributed by atoms with Crippen LogP contribution in [0.3, 0.4) is 0 Å². The molecule has 1 aromatic carbocycles. The van der Waals surface area contributed by atoms with Gasteiger partial charge in [-0.3, -0.25) is 15.2 Å². The molecule has 15 heavy (non-hydrogen) atoms. The minimum Gasteiger partial charge on any atom is -0.364 e. The molecular formula is C9H10N2O4. The molecular weight excluding hydrogens is 200 g/mol. The van der Waals surface area contributed by atoms with E-state index in [1.807, 2.05) is 0 Å². The van der Waals surface area contributed by atoms with E-state index in [2.05, 4.69) is 0 Å². The van der Waals surface area contributed by atoms with Crippen LogP contribution in [-0.2, 0) is 4.79 Å². The molecule has 6 heteroatoms. The van der Waals surface area contributed by atoms with E-state index in [1.54, 1.807) is 13.0 Å². The van der Waals surface area contributed by atoms with Crippen molar-refractivity contribution in [3.8, 4) is 0 Å². The van der Waals surface area contributed by atoms with E-state index in [4.69, 9.17) is 0 Å². The molecule has 0 fully saturated rings. The highest BCUT2D eigenvalue weighted by Crippen LogP contribution is 2.33. The number of hydroxylamine groups is 2. The van der Waals surface area contributed by atoms with Crippen LogP contribution < -0.4 is 10.1 Å². The van der Waals surface area contributed by atoms with Crippen molar-refractivity contribution >= 4 is 17.3 Å². The number of aliphatic hydroxyl groups excluding tert-OH is 1. The number of fused-ring (bicyclic) bond motifs is 1. The van der Waals surface area contributed by atoms with E-state index in [-0.39, 0.29) is 11.4 Å². The number of carbonyl (C=O) groups excluding carboxylic acids is 1. The van der Waals surface area contributed by atoms with Crippen LogP contribution in [0.5, 0.6) is 0 Å². The van der Waals surface area contributed by atoms with Crippen molar-refractivity contribution in [2.24, 2.45) is 0 Å². The van der Waals surface area contributed by atoms with Gasteiger partial charge in [0, 0.05) is 0 Å². The van der Waals surface area contributed by atoms with Crippen LogP contribution in [0.4, 0.5) is 11.4 Å². The van der Waals surface area contributed by atoms with Crippen LogP contribution in [0.25, 0.3) is 0 Å². The lowest BCUT2D eigenvalue weighted by Gasteiger charge is -2.33. The van der Waals surface area contributed by atoms with Crippen LogP contribution in [0.2, 0.25) is 0 Å². The van der Waals surface area contributed by atoms with Crippen LogP contribution >= 0.6 is 0 Å². The van der Waals surface area contributed by atoms with Gasteiger partial charge < -0.3 is 5.11 Å². The maximum atomic E-state index is 11.2. The number of aliphatic hydroxyl groups is 1. The molecule has 0 saturated heterocycles. The van der Waals surface area contributed by atoms with Crippen molar-refractivity contribution in [1.82, 2.24) is 0 Å². The second-order valence-electron chi connectivity index (χ2n) is 3.36. The minimum absolute atomic E-state index is 0.146. The second-order valence-corrected chi connectivity index (χ2v) is 3.36. The van der Waals surface area contributed by atoms with Crippen molar-refractivity contribution in [1.29, 1.82) is 0 Å². The van der Waals surface area contributed by atoms with Gasteiger partial charge in [-0.05, 0) is 24.6 Å². The Balaban J connectivity index is 2.59. The normalized spacial score (nSPS) is 20.5. The number of carbonyl (C=O) groups is 1. The fourth-order valence-electron chi connectivity index (χ4n) is 1.46. The molecule has 2 rings (SSSR count). The first-order valence-electron chi connectivity index (χ1n) is 4.32. The lowest BCUT2D eigenvalue weighted by molar-refractivity contribution is -0.136. The van der Waals surface area contributed by atoms with Gasteiger partial charge >= 0.3 is 5.91 Å². The smallest absolute Gasteiger partial charge is 0.302 e. The van der Waals surface area contributed by atoms with Crippen molar-refractivity contribution in [3.63, 3.8) is 0 Å². The molecule has 0 aliphatic carbocycles. The molecule has 1 aliphatic rings. The van der Waals surface area contributed by atoms with Crippen LogP contribution in [-0.4, -0.2) is 27.7 Å². The Morgan fingerprint density at radius 3 is 2.60 bits per heavy atom. The summed E-state index contributed by atoms with van der Waals surface area (Å²) in [4.78, 5) is 11.2. The molecule has 0 bridgehead atoms. The number of rotatable bonds is 0. The standard InChI is InChI=1S/C9H10N2O4/c1-5-2-3-6-7(4-5)11(15)9(13)8(12)10(6)14/h2-4,8,12,14-15H,1H3. The van der Waals surface area contributed by atoms with E-state index >= 15 is 0 Å². The van der Waals surface area contributed by atoms with Gasteiger partial charge in [0.1, 0.15) is 0 Å². The lowest BCUT2D eigenvalue weighted by Crippen LogP contribution is -2.51. The molecule has 1 heterocycles. The Hall–Kier alpha value is -1.63. The Morgan fingerprint density at radius 2 is 1.93 bits per heavy atom. The topological polar surface area (TPSA) is 84.2 Å². The summed E-state index contributed by atoms with van der Waals surface area (Å²) in [6.07, 6.45) is -1.77. The van der Waals surface area contributed by atoms with E-state index in [0.717, 1.165) is 5.56 Å². The highest BCUT2D eigenvalue weighted by molar-refractivity contribution is 6.02. The monoisotopic (exact) mass is 210 g/mol. The van der Waals surface area contributed by atoms with E-state index in [9.17, 15) is 20.3 Å². The molecule has 1 amide bonds. The first kappa shape index (κ1) is 9.91. The summed E-state index contributed by atoms with van der Waals surface area (Å²) in [6.45, 7) is 1.78. The maximum Gasteiger partial charge on any atom is 0.302 e. The number of nitrogens with zero attached hydrogens (tertiary/aromatic N) is 2. The number of anilines is 2. The van der Waals surface area contributed by atoms with Gasteiger partial charge in [0.15, 0.2) is 0 Å². The van der Waals surface area contributed by atoms with Gasteiger partial charge in [0.25, 0.3) is 0 Å². The highest BCUT2D eigenvalue weighted by Gasteiger charge is 2.36. The average molecular weight is 210 g/mol. The maximum absolute atomic E-state index is 11.2. The van der Waals surface area contributed by atoms with Gasteiger partial charge in [-0.1, -0.05) is 6.07 Å². The molecule has 0 spiro atoms. The van der Waals surface area contributed by atoms with Crippen molar-refractivity contribution in [2.75, 3.05) is 10.1 Å². The van der Waals surface area contributed by atoms with Crippen molar-refractivity contribution in [2.45, 2.75) is 13.2 Å². The summed E-state index contributed by atoms with van der Waals surface area (Å²) >= 11 is 0. The zero-order valence-corrected chi connectivity index (χ0v) is 7.95. The predicted molar refractivity (Wildman–Crippen MR) is 50.7 cm³/mol. The molecule has 1 aromatic rings. The fraction of sp³-hybridized carbons (Fsp3) is 0.222. The van der Waals surface area contributed by atoms with Crippen molar-refractivity contribution in [3.05, 3.63) is 23.8 Å². The third-order valence-electron chi connectivity index (χ3n) is 2.27. The number of hydrogen-bond donors (Lipinski definition) is 3. The zero-order chi connectivity index (χ0) is 11.2. The SMILES string of the molecule is Cc1ccc2c(c1)N(O)C(=O)C(O)N2O. The summed E-state index contributed by atoms with van der Waals surface area (Å²) in [5.41, 5.74) is 1.15. The number of benzene rings is 1. The largest absolute Gasteiger partial charge is 0.364 e. The van der Waals surface area contributed by atoms with Gasteiger partial charge in [-0.15, -0.1) is 0 Å². The number of aryl methyl sites for hydroxylation is 1. The zero-order valence-electron chi connectivity index (χ0n) is 7.95. The third kappa shape index (κ3) is 1.35. The fourth-order valence-corrected chi connectivity index (χ4v) is 1.46. The Morgan fingerprint density at radius 1 is 1.27 bits per heavy atom. The van der Waals surface area contributed by atoms with Crippen molar-refractivity contribution < 1.29 is 20.3 Å². The highest BCUT2D eigenvalue weighted by atomic mass is 16.6. The van der Waals surface area contributed by atoms with Gasteiger partial charge in [-0.2, -0.15) is 5.06 Å². The third-order valence-corrected chi connectivity index (χ3v) is 2.27. The molecule has 1 atom stereocenters. The van der Waals surface area contributed by atoms with Gasteiger partial charge in [0.2, 0.25) is 6.23 Å². The quantitative estimate of drug-likeness (QED) is 0.534. The lowest BCUT2D eigenvalue weighted by atomic mass is 10.1. The molecule has 3 N–H and O–H groups in total. The Kier molecular flexibility index (Phi) is 2.11. The Labute approximate surface area is 85.5 Å². The van der Waals surface area contributed by atoms with Gasteiger partial charge in [-0.25, -0.2) is 5.06 Å². The van der Waals surface area contributed by atoms with Crippen LogP contribution in [0, 0.1) is 6.92 Å². The number of amides is 1. The average Bonchev–Trinajstić information content (AvgIpc) is 2.23. The van der Waals surface area contributed by atoms with Crippen LogP contribution in [0.15, 0.2) is 18.2 Å². The summed E-state index contributed by atoms with van der Waals surface area (Å²) < 4.78 is 0. The second kappa shape index (κ2) is 3.20. The molecule has 6 nitrogen and oxygen atoms in total.